The molecule has 0 saturated carbocycles. The maximum Gasteiger partial charge on any atom is 0.249 e. The second-order valence-electron chi connectivity index (χ2n) is 5.52. The molecule has 3 heterocycles. The lowest BCUT2D eigenvalue weighted by atomic mass is 10.2. The number of carbonyl (C=O) groups excluding carboxylic acids is 1. The van der Waals surface area contributed by atoms with Gasteiger partial charge in [-0.1, -0.05) is 12.1 Å². The average Bonchev–Trinajstić information content (AvgIpc) is 3.27. The molecule has 1 fully saturated rings. The standard InChI is InChI=1S/C15H21N5O2/c1-2-13-17-15(22-18-13)12-6-3-11-20(12)14(21)7-4-9-19-10-5-8-16-19/h5,8,10,12H,2-4,6-7,9,11H2,1H3/t12-/m0/s1. The normalized spacial score (nSPS) is 18.0. The van der Waals surface area contributed by atoms with Gasteiger partial charge in [0.1, 0.15) is 6.04 Å². The number of aryl methyl sites for hydroxylation is 2. The van der Waals surface area contributed by atoms with Gasteiger partial charge in [-0.2, -0.15) is 10.1 Å². The van der Waals surface area contributed by atoms with E-state index in [4.69, 9.17) is 4.52 Å². The van der Waals surface area contributed by atoms with Crippen LogP contribution < -0.4 is 0 Å². The average molecular weight is 303 g/mol. The minimum Gasteiger partial charge on any atom is -0.337 e. The summed E-state index contributed by atoms with van der Waals surface area (Å²) in [4.78, 5) is 18.7. The van der Waals surface area contributed by atoms with E-state index in [2.05, 4.69) is 15.2 Å². The predicted molar refractivity (Wildman–Crippen MR) is 78.8 cm³/mol. The minimum atomic E-state index is -0.0509. The van der Waals surface area contributed by atoms with E-state index >= 15 is 0 Å². The summed E-state index contributed by atoms with van der Waals surface area (Å²) in [6, 6.07) is 1.84. The van der Waals surface area contributed by atoms with Crippen LogP contribution in [0.3, 0.4) is 0 Å². The monoisotopic (exact) mass is 303 g/mol. The Morgan fingerprint density at radius 1 is 1.50 bits per heavy atom. The highest BCUT2D eigenvalue weighted by Gasteiger charge is 2.33. The van der Waals surface area contributed by atoms with Crippen molar-refractivity contribution in [2.45, 2.75) is 51.6 Å². The molecule has 22 heavy (non-hydrogen) atoms. The Morgan fingerprint density at radius 2 is 2.41 bits per heavy atom. The number of hydrogen-bond donors (Lipinski definition) is 0. The third-order valence-corrected chi connectivity index (χ3v) is 4.00. The molecule has 0 aromatic carbocycles. The molecule has 1 atom stereocenters. The zero-order valence-electron chi connectivity index (χ0n) is 12.8. The largest absolute Gasteiger partial charge is 0.337 e. The number of rotatable bonds is 6. The van der Waals surface area contributed by atoms with Crippen molar-refractivity contribution < 1.29 is 9.32 Å². The van der Waals surface area contributed by atoms with E-state index < -0.39 is 0 Å². The highest BCUT2D eigenvalue weighted by molar-refractivity contribution is 5.76. The van der Waals surface area contributed by atoms with Crippen LogP contribution in [0.5, 0.6) is 0 Å². The van der Waals surface area contributed by atoms with Crippen molar-refractivity contribution in [3.8, 4) is 0 Å². The highest BCUT2D eigenvalue weighted by atomic mass is 16.5. The van der Waals surface area contributed by atoms with Crippen LogP contribution in [0.4, 0.5) is 0 Å². The maximum absolute atomic E-state index is 12.4. The van der Waals surface area contributed by atoms with Crippen LogP contribution in [-0.2, 0) is 17.8 Å². The molecule has 0 unspecified atom stereocenters. The van der Waals surface area contributed by atoms with Gasteiger partial charge in [0.2, 0.25) is 11.8 Å². The first-order valence-electron chi connectivity index (χ1n) is 7.87. The third-order valence-electron chi connectivity index (χ3n) is 4.00. The molecule has 1 saturated heterocycles. The van der Waals surface area contributed by atoms with Crippen LogP contribution in [0.2, 0.25) is 0 Å². The van der Waals surface area contributed by atoms with Gasteiger partial charge in [-0.15, -0.1) is 0 Å². The Kier molecular flexibility index (Phi) is 4.50. The van der Waals surface area contributed by atoms with Crippen molar-refractivity contribution in [1.29, 1.82) is 0 Å². The van der Waals surface area contributed by atoms with Crippen molar-refractivity contribution in [3.63, 3.8) is 0 Å². The van der Waals surface area contributed by atoms with E-state index in [1.54, 1.807) is 6.20 Å². The van der Waals surface area contributed by atoms with Crippen molar-refractivity contribution in [2.75, 3.05) is 6.54 Å². The van der Waals surface area contributed by atoms with Gasteiger partial charge in [-0.05, 0) is 25.3 Å². The van der Waals surface area contributed by atoms with E-state index in [0.29, 0.717) is 18.1 Å². The summed E-state index contributed by atoms with van der Waals surface area (Å²) in [5.74, 6) is 1.44. The molecule has 1 aliphatic rings. The van der Waals surface area contributed by atoms with E-state index in [-0.39, 0.29) is 11.9 Å². The van der Waals surface area contributed by atoms with Gasteiger partial charge < -0.3 is 9.42 Å². The van der Waals surface area contributed by atoms with Crippen LogP contribution in [0.25, 0.3) is 0 Å². The molecule has 118 valence electrons. The predicted octanol–water partition coefficient (Wildman–Crippen LogP) is 1.97. The lowest BCUT2D eigenvalue weighted by Crippen LogP contribution is -2.30. The van der Waals surface area contributed by atoms with E-state index in [9.17, 15) is 4.79 Å². The van der Waals surface area contributed by atoms with E-state index in [1.807, 2.05) is 28.8 Å². The van der Waals surface area contributed by atoms with Gasteiger partial charge in [-0.25, -0.2) is 0 Å². The summed E-state index contributed by atoms with van der Waals surface area (Å²) in [5, 5.41) is 8.08. The zero-order valence-corrected chi connectivity index (χ0v) is 12.8. The SMILES string of the molecule is CCc1noc([C@@H]2CCCN2C(=O)CCCn2cccn2)n1. The summed E-state index contributed by atoms with van der Waals surface area (Å²) in [6.45, 7) is 3.52. The Labute approximate surface area is 129 Å². The van der Waals surface area contributed by atoms with Gasteiger partial charge in [0, 0.05) is 38.3 Å². The molecule has 0 radical (unpaired) electrons. The Balaban J connectivity index is 1.56. The molecule has 2 aromatic rings. The second-order valence-corrected chi connectivity index (χ2v) is 5.52. The zero-order chi connectivity index (χ0) is 15.4. The van der Waals surface area contributed by atoms with Gasteiger partial charge >= 0.3 is 0 Å². The Hall–Kier alpha value is -2.18. The fourth-order valence-electron chi connectivity index (χ4n) is 2.84. The molecule has 1 amide bonds. The first-order valence-corrected chi connectivity index (χ1v) is 7.87. The van der Waals surface area contributed by atoms with Crippen molar-refractivity contribution in [1.82, 2.24) is 24.8 Å². The number of hydrogen-bond acceptors (Lipinski definition) is 5. The van der Waals surface area contributed by atoms with E-state index in [0.717, 1.165) is 38.8 Å². The summed E-state index contributed by atoms with van der Waals surface area (Å²) >= 11 is 0. The number of aromatic nitrogens is 4. The Morgan fingerprint density at radius 3 is 3.14 bits per heavy atom. The molecule has 3 rings (SSSR count). The number of carbonyl (C=O) groups is 1. The molecular formula is C15H21N5O2. The first-order chi connectivity index (χ1) is 10.8. The number of amides is 1. The van der Waals surface area contributed by atoms with Crippen LogP contribution in [0.1, 0.15) is 50.4 Å². The topological polar surface area (TPSA) is 77.0 Å². The third kappa shape index (κ3) is 3.18. The van der Waals surface area contributed by atoms with Crippen LogP contribution in [0, 0.1) is 0 Å². The fraction of sp³-hybridized carbons (Fsp3) is 0.600. The number of nitrogens with zero attached hydrogens (tertiary/aromatic N) is 5. The molecule has 0 bridgehead atoms. The lowest BCUT2D eigenvalue weighted by Gasteiger charge is -2.21. The van der Waals surface area contributed by atoms with Crippen molar-refractivity contribution in [2.24, 2.45) is 0 Å². The second kappa shape index (κ2) is 6.72. The molecule has 0 N–H and O–H groups in total. The van der Waals surface area contributed by atoms with Crippen LogP contribution >= 0.6 is 0 Å². The summed E-state index contributed by atoms with van der Waals surface area (Å²) < 4.78 is 7.16. The van der Waals surface area contributed by atoms with E-state index in [1.165, 1.54) is 0 Å². The first kappa shape index (κ1) is 14.7. The van der Waals surface area contributed by atoms with Crippen molar-refractivity contribution in [3.05, 3.63) is 30.2 Å². The fourth-order valence-corrected chi connectivity index (χ4v) is 2.84. The maximum atomic E-state index is 12.4. The van der Waals surface area contributed by atoms with Crippen molar-refractivity contribution >= 4 is 5.91 Å². The molecule has 0 aliphatic carbocycles. The quantitative estimate of drug-likeness (QED) is 0.815. The van der Waals surface area contributed by atoms with Crippen LogP contribution in [0.15, 0.2) is 23.0 Å². The molecule has 0 spiro atoms. The molecular weight excluding hydrogens is 282 g/mol. The van der Waals surface area contributed by atoms with Crippen LogP contribution in [-0.4, -0.2) is 37.3 Å². The highest BCUT2D eigenvalue weighted by Crippen LogP contribution is 2.31. The van der Waals surface area contributed by atoms with Gasteiger partial charge in [0.25, 0.3) is 0 Å². The summed E-state index contributed by atoms with van der Waals surface area (Å²) in [5.41, 5.74) is 0. The molecule has 2 aromatic heterocycles. The molecule has 1 aliphatic heterocycles. The summed E-state index contributed by atoms with van der Waals surface area (Å²) in [7, 11) is 0. The lowest BCUT2D eigenvalue weighted by molar-refractivity contribution is -0.132. The summed E-state index contributed by atoms with van der Waals surface area (Å²) in [6.07, 6.45) is 7.59. The van der Waals surface area contributed by atoms with Gasteiger partial charge in [0.15, 0.2) is 5.82 Å². The Bertz CT molecular complexity index is 607. The molecule has 7 nitrogen and oxygen atoms in total. The number of likely N-dealkylation sites (tertiary alicyclic amines) is 1. The minimum absolute atomic E-state index is 0.0509. The van der Waals surface area contributed by atoms with Gasteiger partial charge in [0.05, 0.1) is 0 Å². The van der Waals surface area contributed by atoms with Gasteiger partial charge in [-0.3, -0.25) is 9.48 Å². The smallest absolute Gasteiger partial charge is 0.249 e. The molecule has 7 heteroatoms.